The van der Waals surface area contributed by atoms with E-state index >= 15 is 0 Å². The van der Waals surface area contributed by atoms with Crippen LogP contribution in [-0.4, -0.2) is 29.2 Å². The maximum absolute atomic E-state index is 12.6. The van der Waals surface area contributed by atoms with E-state index in [0.717, 1.165) is 24.8 Å². The van der Waals surface area contributed by atoms with E-state index < -0.39 is 6.36 Å². The summed E-state index contributed by atoms with van der Waals surface area (Å²) in [6, 6.07) is 15.5. The quantitative estimate of drug-likeness (QED) is 0.0487. The highest BCUT2D eigenvalue weighted by Crippen LogP contribution is 2.41. The zero-order chi connectivity index (χ0) is 37.3. The van der Waals surface area contributed by atoms with Crippen molar-refractivity contribution in [1.82, 2.24) is 4.98 Å². The lowest BCUT2D eigenvalue weighted by Crippen LogP contribution is -2.16. The molecule has 1 N–H and O–H groups in total. The second kappa shape index (κ2) is 20.9. The molecule has 0 saturated heterocycles. The van der Waals surface area contributed by atoms with Gasteiger partial charge < -0.3 is 24.1 Å². The molecule has 0 atom stereocenters. The highest BCUT2D eigenvalue weighted by molar-refractivity contribution is 6.32. The molecule has 0 aliphatic heterocycles. The highest BCUT2D eigenvalue weighted by Gasteiger charge is 2.31. The van der Waals surface area contributed by atoms with Crippen LogP contribution in [-0.2, 0) is 16.1 Å². The number of hydrogen-bond donors (Lipinski definition) is 1. The van der Waals surface area contributed by atoms with Gasteiger partial charge in [-0.1, -0.05) is 108 Å². The average molecular weight is 744 g/mol. The van der Waals surface area contributed by atoms with Crippen LogP contribution in [0.1, 0.15) is 108 Å². The van der Waals surface area contributed by atoms with Crippen LogP contribution in [0.4, 0.5) is 13.2 Å². The highest BCUT2D eigenvalue weighted by atomic mass is 35.5. The van der Waals surface area contributed by atoms with Gasteiger partial charge in [0, 0.05) is 28.1 Å². The second-order valence-corrected chi connectivity index (χ2v) is 13.3. The van der Waals surface area contributed by atoms with E-state index in [9.17, 15) is 23.1 Å². The van der Waals surface area contributed by atoms with E-state index in [1.54, 1.807) is 36.4 Å². The third-order valence-corrected chi connectivity index (χ3v) is 9.15. The van der Waals surface area contributed by atoms with Gasteiger partial charge in [-0.25, -0.2) is 0 Å². The third-order valence-electron chi connectivity index (χ3n) is 8.80. The van der Waals surface area contributed by atoms with Crippen LogP contribution in [0.2, 0.25) is 5.02 Å². The van der Waals surface area contributed by atoms with Crippen LogP contribution in [0.5, 0.6) is 23.0 Å². The van der Waals surface area contributed by atoms with E-state index in [2.05, 4.69) is 11.7 Å². The fourth-order valence-corrected chi connectivity index (χ4v) is 6.30. The van der Waals surface area contributed by atoms with Gasteiger partial charge in [0.15, 0.2) is 0 Å². The molecule has 0 unspecified atom stereocenters. The van der Waals surface area contributed by atoms with E-state index in [1.165, 1.54) is 88.5 Å². The Morgan fingerprint density at radius 1 is 0.788 bits per heavy atom. The van der Waals surface area contributed by atoms with E-state index in [4.69, 9.17) is 30.8 Å². The van der Waals surface area contributed by atoms with Gasteiger partial charge in [-0.15, -0.1) is 13.2 Å². The number of alkyl halides is 3. The molecule has 0 amide bonds. The van der Waals surface area contributed by atoms with E-state index in [0.29, 0.717) is 56.4 Å². The lowest BCUT2D eigenvalue weighted by Gasteiger charge is -2.18. The van der Waals surface area contributed by atoms with Gasteiger partial charge in [0.1, 0.15) is 23.0 Å². The van der Waals surface area contributed by atoms with Crippen molar-refractivity contribution >= 4 is 28.5 Å². The number of unbranched alkanes of at least 4 members (excludes halogenated alkanes) is 12. The summed E-state index contributed by atoms with van der Waals surface area (Å²) in [7, 11) is 0. The van der Waals surface area contributed by atoms with Crippen LogP contribution in [0, 0.1) is 6.92 Å². The van der Waals surface area contributed by atoms with Gasteiger partial charge >= 0.3 is 12.3 Å². The average Bonchev–Trinajstić information content (AvgIpc) is 3.11. The number of carbonyl (C=O) groups excluding carboxylic acids is 1. The number of nitrogens with zero attached hydrogens (tertiary/aromatic N) is 1. The molecule has 282 valence electrons. The van der Waals surface area contributed by atoms with Crippen molar-refractivity contribution in [3.05, 3.63) is 76.9 Å². The van der Waals surface area contributed by atoms with Crippen LogP contribution < -0.4 is 14.2 Å². The molecule has 52 heavy (non-hydrogen) atoms. The molecule has 0 aliphatic carbocycles. The minimum absolute atomic E-state index is 0.260. The minimum atomic E-state index is -4.78. The SMILES string of the molecule is CCCCCCCCCCCCCCCC(=O)OCOc1c(-c2ccc(Oc3ccc(OC(F)(F)F)cc3)cc2)c(C)nc2cc(CO)c(Cl)cc12. The van der Waals surface area contributed by atoms with Gasteiger partial charge in [0.05, 0.1) is 12.1 Å². The Kier molecular flexibility index (Phi) is 16.4. The lowest BCUT2D eigenvalue weighted by molar-refractivity contribution is -0.274. The number of rotatable bonds is 22. The van der Waals surface area contributed by atoms with Crippen molar-refractivity contribution < 1.29 is 42.0 Å². The Balaban J connectivity index is 1.34. The number of fused-ring (bicyclic) bond motifs is 1. The predicted octanol–water partition coefficient (Wildman–Crippen LogP) is 12.4. The number of aromatic nitrogens is 1. The van der Waals surface area contributed by atoms with Crippen molar-refractivity contribution in [2.75, 3.05) is 6.79 Å². The number of aliphatic hydroxyl groups is 1. The Morgan fingerprint density at radius 2 is 1.33 bits per heavy atom. The molecule has 3 aromatic carbocycles. The zero-order valence-electron chi connectivity index (χ0n) is 30.0. The predicted molar refractivity (Wildman–Crippen MR) is 198 cm³/mol. The molecule has 4 rings (SSSR count). The molecule has 0 spiro atoms. The number of esters is 1. The normalized spacial score (nSPS) is 11.5. The first-order valence-electron chi connectivity index (χ1n) is 18.2. The summed E-state index contributed by atoms with van der Waals surface area (Å²) in [4.78, 5) is 17.3. The van der Waals surface area contributed by atoms with Gasteiger partial charge in [0.25, 0.3) is 0 Å². The van der Waals surface area contributed by atoms with Crippen molar-refractivity contribution in [1.29, 1.82) is 0 Å². The number of ether oxygens (including phenoxy) is 4. The second-order valence-electron chi connectivity index (χ2n) is 12.9. The summed E-state index contributed by atoms with van der Waals surface area (Å²) in [6.45, 7) is 3.50. The summed E-state index contributed by atoms with van der Waals surface area (Å²) in [5.41, 5.74) is 3.07. The molecule has 7 nitrogen and oxygen atoms in total. The number of hydrogen-bond acceptors (Lipinski definition) is 7. The fourth-order valence-electron chi connectivity index (χ4n) is 6.07. The number of benzene rings is 3. The smallest absolute Gasteiger partial charge is 0.457 e. The number of halogens is 4. The minimum Gasteiger partial charge on any atom is -0.457 e. The standard InChI is InChI=1S/C41H49ClF3NO6/c1-3-4-5-6-7-8-9-10-11-12-13-14-15-16-38(48)49-28-50-40-35-26-36(42)31(27-47)25-37(35)46-29(2)39(40)30-17-19-32(20-18-30)51-33-21-23-34(24-22-33)52-41(43,44)45/h17-26,47H,3-16,27-28H2,1-2H3. The topological polar surface area (TPSA) is 87.1 Å². The summed E-state index contributed by atoms with van der Waals surface area (Å²) >= 11 is 6.47. The van der Waals surface area contributed by atoms with Crippen molar-refractivity contribution in [2.45, 2.75) is 117 Å². The van der Waals surface area contributed by atoms with Crippen LogP contribution in [0.25, 0.3) is 22.0 Å². The molecule has 0 radical (unpaired) electrons. The summed E-state index contributed by atoms with van der Waals surface area (Å²) < 4.78 is 58.9. The number of aliphatic hydroxyl groups excluding tert-OH is 1. The maximum Gasteiger partial charge on any atom is 0.573 e. The fraction of sp³-hybridized carbons (Fsp3) is 0.463. The van der Waals surface area contributed by atoms with Crippen LogP contribution in [0.3, 0.4) is 0 Å². The molecular formula is C41H49ClF3NO6. The van der Waals surface area contributed by atoms with Crippen LogP contribution >= 0.6 is 11.6 Å². The molecule has 0 bridgehead atoms. The Labute approximate surface area is 309 Å². The summed E-state index contributed by atoms with van der Waals surface area (Å²) in [6.07, 6.45) is 11.4. The summed E-state index contributed by atoms with van der Waals surface area (Å²) in [5, 5.41) is 10.7. The largest absolute Gasteiger partial charge is 0.573 e. The molecular weight excluding hydrogens is 695 g/mol. The maximum atomic E-state index is 12.6. The third kappa shape index (κ3) is 13.2. The van der Waals surface area contributed by atoms with Gasteiger partial charge in [-0.2, -0.15) is 0 Å². The Morgan fingerprint density at radius 3 is 1.88 bits per heavy atom. The molecule has 4 aromatic rings. The summed E-state index contributed by atoms with van der Waals surface area (Å²) in [5.74, 6) is 0.500. The Bertz CT molecular complexity index is 1700. The molecule has 1 aromatic heterocycles. The zero-order valence-corrected chi connectivity index (χ0v) is 30.8. The van der Waals surface area contributed by atoms with Crippen LogP contribution in [0.15, 0.2) is 60.7 Å². The Hall–Kier alpha value is -4.02. The number of aryl methyl sites for hydroxylation is 1. The monoisotopic (exact) mass is 743 g/mol. The van der Waals surface area contributed by atoms with Crippen molar-refractivity contribution in [3.63, 3.8) is 0 Å². The molecule has 0 aliphatic rings. The first-order chi connectivity index (χ1) is 25.1. The molecule has 1 heterocycles. The molecule has 11 heteroatoms. The molecule has 0 fully saturated rings. The number of pyridine rings is 1. The molecule has 0 saturated carbocycles. The number of carbonyl (C=O) groups is 1. The van der Waals surface area contributed by atoms with E-state index in [-0.39, 0.29) is 25.1 Å². The van der Waals surface area contributed by atoms with Crippen molar-refractivity contribution in [2.24, 2.45) is 0 Å². The lowest BCUT2D eigenvalue weighted by atomic mass is 9.99. The van der Waals surface area contributed by atoms with Gasteiger partial charge in [-0.05, 0) is 73.0 Å². The van der Waals surface area contributed by atoms with Crippen molar-refractivity contribution in [3.8, 4) is 34.1 Å². The first kappa shape index (κ1) is 40.7. The van der Waals surface area contributed by atoms with Gasteiger partial charge in [0.2, 0.25) is 6.79 Å². The van der Waals surface area contributed by atoms with Gasteiger partial charge in [-0.3, -0.25) is 9.78 Å². The van der Waals surface area contributed by atoms with E-state index in [1.807, 2.05) is 6.92 Å². The first-order valence-corrected chi connectivity index (χ1v) is 18.6.